The van der Waals surface area contributed by atoms with E-state index in [-0.39, 0.29) is 5.78 Å². The molecule has 2 N–H and O–H groups in total. The maximum Gasteiger partial charge on any atom is 0.214 e. The number of nitrogens with zero attached hydrogens (tertiary/aromatic N) is 3. The van der Waals surface area contributed by atoms with Crippen LogP contribution in [0, 0.1) is 6.92 Å². The molecule has 5 nitrogen and oxygen atoms in total. The third-order valence-electron chi connectivity index (χ3n) is 2.62. The number of aromatic nitrogens is 3. The van der Waals surface area contributed by atoms with Gasteiger partial charge in [-0.3, -0.25) is 4.79 Å². The van der Waals surface area contributed by atoms with Crippen LogP contribution in [0.4, 0.5) is 5.69 Å². The maximum absolute atomic E-state index is 12.3. The van der Waals surface area contributed by atoms with Crippen LogP contribution in [0.25, 0.3) is 0 Å². The summed E-state index contributed by atoms with van der Waals surface area (Å²) in [4.78, 5) is 12.3. The van der Waals surface area contributed by atoms with E-state index in [2.05, 4.69) is 26.2 Å². The van der Waals surface area contributed by atoms with Crippen LogP contribution < -0.4 is 5.73 Å². The second-order valence-electron chi connectivity index (χ2n) is 3.70. The van der Waals surface area contributed by atoms with E-state index in [1.54, 1.807) is 25.2 Å². The fourth-order valence-electron chi connectivity index (χ4n) is 1.60. The highest BCUT2D eigenvalue weighted by atomic mass is 79.9. The zero-order valence-electron chi connectivity index (χ0n) is 9.44. The summed E-state index contributed by atoms with van der Waals surface area (Å²) in [7, 11) is 1.67. The zero-order chi connectivity index (χ0) is 12.6. The Hall–Kier alpha value is -1.69. The van der Waals surface area contributed by atoms with Gasteiger partial charge in [0, 0.05) is 18.3 Å². The van der Waals surface area contributed by atoms with Crippen LogP contribution in [0.1, 0.15) is 21.6 Å². The van der Waals surface area contributed by atoms with Gasteiger partial charge in [-0.25, -0.2) is 4.68 Å². The lowest BCUT2D eigenvalue weighted by atomic mass is 10.0. The van der Waals surface area contributed by atoms with Gasteiger partial charge in [0.2, 0.25) is 5.78 Å². The Labute approximate surface area is 107 Å². The average Bonchev–Trinajstić information content (AvgIpc) is 2.62. The van der Waals surface area contributed by atoms with Crippen molar-refractivity contribution in [2.75, 3.05) is 5.73 Å². The molecule has 0 saturated carbocycles. The van der Waals surface area contributed by atoms with Crippen molar-refractivity contribution in [2.45, 2.75) is 6.92 Å². The number of ketones is 1. The lowest BCUT2D eigenvalue weighted by molar-refractivity contribution is 0.102. The summed E-state index contributed by atoms with van der Waals surface area (Å²) in [5.74, 6) is -0.144. The van der Waals surface area contributed by atoms with Gasteiger partial charge in [-0.2, -0.15) is 0 Å². The first kappa shape index (κ1) is 11.8. The van der Waals surface area contributed by atoms with Gasteiger partial charge in [0.1, 0.15) is 5.69 Å². The van der Waals surface area contributed by atoms with Crippen molar-refractivity contribution in [2.24, 2.45) is 7.05 Å². The summed E-state index contributed by atoms with van der Waals surface area (Å²) in [5, 5.41) is 7.57. The topological polar surface area (TPSA) is 73.8 Å². The van der Waals surface area contributed by atoms with Crippen molar-refractivity contribution in [1.29, 1.82) is 0 Å². The number of anilines is 1. The highest BCUT2D eigenvalue weighted by Crippen LogP contribution is 2.21. The Bertz CT molecular complexity index is 572. The Morgan fingerprint density at radius 3 is 2.76 bits per heavy atom. The Kier molecular flexibility index (Phi) is 2.97. The van der Waals surface area contributed by atoms with Crippen molar-refractivity contribution in [3.8, 4) is 0 Å². The van der Waals surface area contributed by atoms with Gasteiger partial charge in [0.15, 0.2) is 4.60 Å². The number of aryl methyl sites for hydroxylation is 1. The van der Waals surface area contributed by atoms with Crippen molar-refractivity contribution in [3.63, 3.8) is 0 Å². The molecular weight excluding hydrogens is 284 g/mol. The summed E-state index contributed by atoms with van der Waals surface area (Å²) >= 11 is 3.21. The zero-order valence-corrected chi connectivity index (χ0v) is 11.0. The smallest absolute Gasteiger partial charge is 0.214 e. The van der Waals surface area contributed by atoms with Crippen molar-refractivity contribution in [1.82, 2.24) is 15.0 Å². The SMILES string of the molecule is Cc1c(N)cccc1C(=O)c1c(Br)nnn1C. The number of carbonyl (C=O) groups is 1. The molecule has 0 unspecified atom stereocenters. The van der Waals surface area contributed by atoms with Crippen LogP contribution in [0.2, 0.25) is 0 Å². The van der Waals surface area contributed by atoms with Crippen molar-refractivity contribution < 1.29 is 4.79 Å². The molecule has 88 valence electrons. The van der Waals surface area contributed by atoms with E-state index < -0.39 is 0 Å². The minimum atomic E-state index is -0.144. The van der Waals surface area contributed by atoms with Crippen LogP contribution in [-0.2, 0) is 7.05 Å². The number of benzene rings is 1. The van der Waals surface area contributed by atoms with Gasteiger partial charge >= 0.3 is 0 Å². The Morgan fingerprint density at radius 1 is 1.47 bits per heavy atom. The van der Waals surface area contributed by atoms with Gasteiger partial charge in [0.25, 0.3) is 0 Å². The maximum atomic E-state index is 12.3. The molecule has 1 aromatic carbocycles. The molecule has 0 fully saturated rings. The predicted octanol–water partition coefficient (Wildman–Crippen LogP) is 1.70. The highest BCUT2D eigenvalue weighted by molar-refractivity contribution is 9.10. The van der Waals surface area contributed by atoms with Crippen LogP contribution in [0.3, 0.4) is 0 Å². The van der Waals surface area contributed by atoms with Crippen LogP contribution in [0.5, 0.6) is 0 Å². The summed E-state index contributed by atoms with van der Waals surface area (Å²) in [6, 6.07) is 5.27. The summed E-state index contributed by atoms with van der Waals surface area (Å²) in [6.07, 6.45) is 0. The first-order valence-corrected chi connectivity index (χ1v) is 5.76. The lowest BCUT2D eigenvalue weighted by Crippen LogP contribution is -2.11. The van der Waals surface area contributed by atoms with E-state index in [0.29, 0.717) is 21.5 Å². The standard InChI is InChI=1S/C11H11BrN4O/c1-6-7(4-3-5-8(6)13)10(17)9-11(12)14-15-16(9)2/h3-5H,13H2,1-2H3. The molecule has 2 rings (SSSR count). The van der Waals surface area contributed by atoms with Gasteiger partial charge in [-0.05, 0) is 34.5 Å². The minimum absolute atomic E-state index is 0.144. The number of halogens is 1. The van der Waals surface area contributed by atoms with E-state index >= 15 is 0 Å². The first-order valence-electron chi connectivity index (χ1n) is 4.97. The Balaban J connectivity index is 2.55. The molecule has 17 heavy (non-hydrogen) atoms. The largest absolute Gasteiger partial charge is 0.398 e. The summed E-state index contributed by atoms with van der Waals surface area (Å²) in [5.41, 5.74) is 8.14. The van der Waals surface area contributed by atoms with E-state index in [0.717, 1.165) is 5.56 Å². The fraction of sp³-hybridized carbons (Fsp3) is 0.182. The lowest BCUT2D eigenvalue weighted by Gasteiger charge is -2.07. The fourth-order valence-corrected chi connectivity index (χ4v) is 2.11. The number of nitrogens with two attached hydrogens (primary N) is 1. The molecule has 0 radical (unpaired) electrons. The first-order chi connectivity index (χ1) is 8.02. The molecule has 0 spiro atoms. The third-order valence-corrected chi connectivity index (χ3v) is 3.16. The molecule has 0 saturated heterocycles. The molecule has 2 aromatic rings. The molecule has 0 bridgehead atoms. The monoisotopic (exact) mass is 294 g/mol. The molecule has 0 aliphatic heterocycles. The second-order valence-corrected chi connectivity index (χ2v) is 4.45. The number of rotatable bonds is 2. The van der Waals surface area contributed by atoms with E-state index in [1.165, 1.54) is 4.68 Å². The van der Waals surface area contributed by atoms with Gasteiger partial charge < -0.3 is 5.73 Å². The number of hydrogen-bond acceptors (Lipinski definition) is 4. The van der Waals surface area contributed by atoms with Gasteiger partial charge in [-0.1, -0.05) is 17.3 Å². The van der Waals surface area contributed by atoms with Crippen LogP contribution in [-0.4, -0.2) is 20.8 Å². The highest BCUT2D eigenvalue weighted by Gasteiger charge is 2.20. The quantitative estimate of drug-likeness (QED) is 0.676. The molecule has 0 aliphatic rings. The number of hydrogen-bond donors (Lipinski definition) is 1. The average molecular weight is 295 g/mol. The summed E-state index contributed by atoms with van der Waals surface area (Å²) in [6.45, 7) is 1.82. The molecule has 0 aliphatic carbocycles. The number of nitrogen functional groups attached to an aromatic ring is 1. The van der Waals surface area contributed by atoms with Crippen molar-refractivity contribution >= 4 is 27.4 Å². The molecule has 1 heterocycles. The van der Waals surface area contributed by atoms with E-state index in [9.17, 15) is 4.79 Å². The predicted molar refractivity (Wildman–Crippen MR) is 67.7 cm³/mol. The molecule has 6 heteroatoms. The normalized spacial score (nSPS) is 10.5. The van der Waals surface area contributed by atoms with Gasteiger partial charge in [-0.15, -0.1) is 5.10 Å². The van der Waals surface area contributed by atoms with Crippen LogP contribution in [0.15, 0.2) is 22.8 Å². The summed E-state index contributed by atoms with van der Waals surface area (Å²) < 4.78 is 1.88. The molecule has 0 atom stereocenters. The number of carbonyl (C=O) groups excluding carboxylic acids is 1. The molecule has 0 amide bonds. The Morgan fingerprint density at radius 2 is 2.18 bits per heavy atom. The second kappa shape index (κ2) is 4.29. The van der Waals surface area contributed by atoms with Crippen molar-refractivity contribution in [3.05, 3.63) is 39.6 Å². The van der Waals surface area contributed by atoms with E-state index in [4.69, 9.17) is 5.73 Å². The molecule has 1 aromatic heterocycles. The minimum Gasteiger partial charge on any atom is -0.398 e. The molecular formula is C11H11BrN4O. The van der Waals surface area contributed by atoms with Gasteiger partial charge in [0.05, 0.1) is 0 Å². The third kappa shape index (κ3) is 1.95. The van der Waals surface area contributed by atoms with Crippen LogP contribution >= 0.6 is 15.9 Å². The van der Waals surface area contributed by atoms with E-state index in [1.807, 2.05) is 6.92 Å².